The van der Waals surface area contributed by atoms with E-state index in [1.54, 1.807) is 7.11 Å². The van der Waals surface area contributed by atoms with Gasteiger partial charge in [-0.15, -0.1) is 0 Å². The van der Waals surface area contributed by atoms with E-state index in [0.717, 1.165) is 42.0 Å². The Kier molecular flexibility index (Phi) is 5.04. The molecule has 20 heavy (non-hydrogen) atoms. The van der Waals surface area contributed by atoms with Crippen LogP contribution in [-0.4, -0.2) is 39.2 Å². The molecular formula is C16H24N2O2. The summed E-state index contributed by atoms with van der Waals surface area (Å²) < 4.78 is 11.3. The van der Waals surface area contributed by atoms with Crippen molar-refractivity contribution in [1.29, 1.82) is 0 Å². The Bertz CT molecular complexity index is 548. The van der Waals surface area contributed by atoms with Crippen molar-refractivity contribution in [1.82, 2.24) is 10.2 Å². The van der Waals surface area contributed by atoms with Gasteiger partial charge in [0.1, 0.15) is 5.76 Å². The van der Waals surface area contributed by atoms with Crippen LogP contribution in [0.1, 0.15) is 25.1 Å². The van der Waals surface area contributed by atoms with Crippen LogP contribution in [0.5, 0.6) is 5.75 Å². The third kappa shape index (κ3) is 3.52. The van der Waals surface area contributed by atoms with E-state index in [0.29, 0.717) is 0 Å². The standard InChI is InChI=1S/C16H24N2O2/c1-12(17-9-6-10-18(2)3)15-11-13-7-5-8-14(19-4)16(13)20-15/h5,7-8,11-12,17H,6,9-10H2,1-4H3. The first-order valence-electron chi connectivity index (χ1n) is 7.06. The van der Waals surface area contributed by atoms with Gasteiger partial charge >= 0.3 is 0 Å². The number of nitrogens with one attached hydrogen (secondary N) is 1. The predicted octanol–water partition coefficient (Wildman–Crippen LogP) is 3.04. The summed E-state index contributed by atoms with van der Waals surface area (Å²) in [7, 11) is 5.85. The minimum atomic E-state index is 0.203. The van der Waals surface area contributed by atoms with E-state index in [1.807, 2.05) is 18.2 Å². The summed E-state index contributed by atoms with van der Waals surface area (Å²) in [6, 6.07) is 8.24. The second kappa shape index (κ2) is 6.77. The van der Waals surface area contributed by atoms with Crippen LogP contribution in [0, 0.1) is 0 Å². The number of rotatable bonds is 7. The summed E-state index contributed by atoms with van der Waals surface area (Å²) in [5.41, 5.74) is 0.826. The van der Waals surface area contributed by atoms with Gasteiger partial charge in [0.2, 0.25) is 0 Å². The fraction of sp³-hybridized carbons (Fsp3) is 0.500. The molecule has 0 aliphatic carbocycles. The average Bonchev–Trinajstić information content (AvgIpc) is 2.87. The molecule has 0 aliphatic rings. The van der Waals surface area contributed by atoms with Crippen LogP contribution in [0.2, 0.25) is 0 Å². The molecule has 2 rings (SSSR count). The zero-order valence-corrected chi connectivity index (χ0v) is 12.8. The molecule has 110 valence electrons. The van der Waals surface area contributed by atoms with Gasteiger partial charge in [0.05, 0.1) is 13.2 Å². The highest BCUT2D eigenvalue weighted by Crippen LogP contribution is 2.30. The molecule has 1 aromatic heterocycles. The molecule has 4 heteroatoms. The summed E-state index contributed by atoms with van der Waals surface area (Å²) in [5, 5.41) is 4.58. The van der Waals surface area contributed by atoms with Crippen molar-refractivity contribution in [2.45, 2.75) is 19.4 Å². The summed E-state index contributed by atoms with van der Waals surface area (Å²) in [6.45, 7) is 4.20. The Labute approximate surface area is 120 Å². The van der Waals surface area contributed by atoms with E-state index in [4.69, 9.17) is 9.15 Å². The third-order valence-corrected chi connectivity index (χ3v) is 3.41. The number of nitrogens with zero attached hydrogens (tertiary/aromatic N) is 1. The largest absolute Gasteiger partial charge is 0.493 e. The molecule has 4 nitrogen and oxygen atoms in total. The molecular weight excluding hydrogens is 252 g/mol. The number of furan rings is 1. The van der Waals surface area contributed by atoms with E-state index in [-0.39, 0.29) is 6.04 Å². The van der Waals surface area contributed by atoms with Gasteiger partial charge in [-0.2, -0.15) is 0 Å². The predicted molar refractivity (Wildman–Crippen MR) is 82.4 cm³/mol. The van der Waals surface area contributed by atoms with Crippen molar-refractivity contribution >= 4 is 11.0 Å². The average molecular weight is 276 g/mol. The Morgan fingerprint density at radius 1 is 1.35 bits per heavy atom. The fourth-order valence-electron chi connectivity index (χ4n) is 2.24. The number of hydrogen-bond acceptors (Lipinski definition) is 4. The van der Waals surface area contributed by atoms with Crippen LogP contribution in [0.25, 0.3) is 11.0 Å². The molecule has 1 heterocycles. The number of methoxy groups -OCH3 is 1. The smallest absolute Gasteiger partial charge is 0.176 e. The summed E-state index contributed by atoms with van der Waals surface area (Å²) >= 11 is 0. The van der Waals surface area contributed by atoms with E-state index in [1.165, 1.54) is 0 Å². The van der Waals surface area contributed by atoms with Gasteiger partial charge in [-0.25, -0.2) is 0 Å². The quantitative estimate of drug-likeness (QED) is 0.789. The Hall–Kier alpha value is -1.52. The highest BCUT2D eigenvalue weighted by Gasteiger charge is 2.13. The van der Waals surface area contributed by atoms with Gasteiger partial charge in [0, 0.05) is 5.39 Å². The summed E-state index contributed by atoms with van der Waals surface area (Å²) in [5.74, 6) is 1.74. The lowest BCUT2D eigenvalue weighted by molar-refractivity contribution is 0.377. The lowest BCUT2D eigenvalue weighted by Gasteiger charge is -2.13. The molecule has 0 spiro atoms. The molecule has 0 saturated carbocycles. The van der Waals surface area contributed by atoms with Crippen molar-refractivity contribution in [2.24, 2.45) is 0 Å². The number of fused-ring (bicyclic) bond motifs is 1. The first kappa shape index (κ1) is 14.9. The molecule has 0 aliphatic heterocycles. The van der Waals surface area contributed by atoms with Crippen LogP contribution < -0.4 is 10.1 Å². The topological polar surface area (TPSA) is 37.6 Å². The first-order valence-corrected chi connectivity index (χ1v) is 7.06. The molecule has 0 fully saturated rings. The van der Waals surface area contributed by atoms with Gasteiger partial charge < -0.3 is 19.4 Å². The van der Waals surface area contributed by atoms with Gasteiger partial charge in [0.25, 0.3) is 0 Å². The summed E-state index contributed by atoms with van der Waals surface area (Å²) in [4.78, 5) is 2.19. The second-order valence-corrected chi connectivity index (χ2v) is 5.36. The van der Waals surface area contributed by atoms with Crippen LogP contribution in [-0.2, 0) is 0 Å². The molecule has 2 aromatic rings. The van der Waals surface area contributed by atoms with E-state index < -0.39 is 0 Å². The number of benzene rings is 1. The maximum absolute atomic E-state index is 5.93. The molecule has 1 aromatic carbocycles. The zero-order valence-electron chi connectivity index (χ0n) is 12.8. The molecule has 0 radical (unpaired) electrons. The van der Waals surface area contributed by atoms with Crippen LogP contribution in [0.3, 0.4) is 0 Å². The van der Waals surface area contributed by atoms with Crippen LogP contribution >= 0.6 is 0 Å². The van der Waals surface area contributed by atoms with E-state index >= 15 is 0 Å². The van der Waals surface area contributed by atoms with Crippen molar-refractivity contribution < 1.29 is 9.15 Å². The van der Waals surface area contributed by atoms with Crippen molar-refractivity contribution in [3.05, 3.63) is 30.0 Å². The maximum atomic E-state index is 5.93. The van der Waals surface area contributed by atoms with Gasteiger partial charge in [0.15, 0.2) is 11.3 Å². The molecule has 0 saturated heterocycles. The molecule has 1 atom stereocenters. The highest BCUT2D eigenvalue weighted by molar-refractivity contribution is 5.83. The minimum Gasteiger partial charge on any atom is -0.493 e. The lowest BCUT2D eigenvalue weighted by Crippen LogP contribution is -2.23. The normalized spacial score (nSPS) is 13.1. The monoisotopic (exact) mass is 276 g/mol. The third-order valence-electron chi connectivity index (χ3n) is 3.41. The minimum absolute atomic E-state index is 0.203. The Balaban J connectivity index is 2.01. The molecule has 0 amide bonds. The second-order valence-electron chi connectivity index (χ2n) is 5.36. The molecule has 1 N–H and O–H groups in total. The number of para-hydroxylation sites is 1. The zero-order chi connectivity index (χ0) is 14.5. The van der Waals surface area contributed by atoms with E-state index in [9.17, 15) is 0 Å². The summed E-state index contributed by atoms with van der Waals surface area (Å²) in [6.07, 6.45) is 1.13. The fourth-order valence-corrected chi connectivity index (χ4v) is 2.24. The van der Waals surface area contributed by atoms with Gasteiger partial charge in [-0.05, 0) is 52.7 Å². The van der Waals surface area contributed by atoms with Gasteiger partial charge in [-0.3, -0.25) is 0 Å². The first-order chi connectivity index (χ1) is 9.61. The Morgan fingerprint density at radius 3 is 2.85 bits per heavy atom. The van der Waals surface area contributed by atoms with Crippen molar-refractivity contribution in [3.63, 3.8) is 0 Å². The lowest BCUT2D eigenvalue weighted by atomic mass is 10.2. The number of ether oxygens (including phenoxy) is 1. The van der Waals surface area contributed by atoms with Crippen LogP contribution in [0.4, 0.5) is 0 Å². The van der Waals surface area contributed by atoms with Crippen molar-refractivity contribution in [3.8, 4) is 5.75 Å². The molecule has 1 unspecified atom stereocenters. The SMILES string of the molecule is COc1cccc2cc(C(C)NCCCN(C)C)oc12. The maximum Gasteiger partial charge on any atom is 0.176 e. The van der Waals surface area contributed by atoms with Crippen LogP contribution in [0.15, 0.2) is 28.7 Å². The van der Waals surface area contributed by atoms with Crippen molar-refractivity contribution in [2.75, 3.05) is 34.3 Å². The Morgan fingerprint density at radius 2 is 2.15 bits per heavy atom. The number of hydrogen-bond donors (Lipinski definition) is 1. The highest BCUT2D eigenvalue weighted by atomic mass is 16.5. The van der Waals surface area contributed by atoms with E-state index in [2.05, 4.69) is 37.3 Å². The molecule has 0 bridgehead atoms. The van der Waals surface area contributed by atoms with Gasteiger partial charge in [-0.1, -0.05) is 12.1 Å².